The molecule has 0 atom stereocenters. The fraction of sp³-hybridized carbons (Fsp3) is 0.111. The topological polar surface area (TPSA) is 72.3 Å². The second-order valence-electron chi connectivity index (χ2n) is 5.77. The molecule has 8 heteroatoms. The molecule has 0 spiro atoms. The fourth-order valence-electron chi connectivity index (χ4n) is 2.64. The third-order valence-corrected chi connectivity index (χ3v) is 4.01. The third-order valence-electron chi connectivity index (χ3n) is 4.01. The van der Waals surface area contributed by atoms with E-state index in [1.807, 2.05) is 10.8 Å². The van der Waals surface area contributed by atoms with E-state index >= 15 is 0 Å². The van der Waals surface area contributed by atoms with Crippen molar-refractivity contribution >= 4 is 0 Å². The molecule has 3 heterocycles. The zero-order valence-electron chi connectivity index (χ0n) is 13.6. The number of nitrogens with one attached hydrogen (secondary N) is 1. The van der Waals surface area contributed by atoms with E-state index in [9.17, 15) is 8.78 Å². The van der Waals surface area contributed by atoms with E-state index in [0.717, 1.165) is 12.0 Å². The molecular formula is C18H14F2N6. The number of pyridine rings is 1. The van der Waals surface area contributed by atoms with E-state index in [1.54, 1.807) is 36.8 Å². The molecule has 26 heavy (non-hydrogen) atoms. The lowest BCUT2D eigenvalue weighted by molar-refractivity contribution is 0.581. The van der Waals surface area contributed by atoms with Gasteiger partial charge in [-0.05, 0) is 36.2 Å². The highest BCUT2D eigenvalue weighted by Gasteiger charge is 2.12. The van der Waals surface area contributed by atoms with Crippen LogP contribution in [-0.4, -0.2) is 29.9 Å². The summed E-state index contributed by atoms with van der Waals surface area (Å²) in [6.45, 7) is 0.705. The van der Waals surface area contributed by atoms with Crippen LogP contribution in [0.15, 0.2) is 55.1 Å². The van der Waals surface area contributed by atoms with Crippen LogP contribution >= 0.6 is 0 Å². The maximum absolute atomic E-state index is 13.6. The van der Waals surface area contributed by atoms with Gasteiger partial charge >= 0.3 is 0 Å². The van der Waals surface area contributed by atoms with E-state index in [1.165, 1.54) is 12.1 Å². The van der Waals surface area contributed by atoms with Crippen molar-refractivity contribution < 1.29 is 8.78 Å². The number of halogens is 2. The summed E-state index contributed by atoms with van der Waals surface area (Å²) >= 11 is 0. The Morgan fingerprint density at radius 3 is 2.58 bits per heavy atom. The molecule has 6 nitrogen and oxygen atoms in total. The van der Waals surface area contributed by atoms with Gasteiger partial charge in [0.1, 0.15) is 17.2 Å². The first kappa shape index (κ1) is 16.1. The van der Waals surface area contributed by atoms with Gasteiger partial charge in [0.15, 0.2) is 0 Å². The molecular weight excluding hydrogens is 338 g/mol. The number of hydrogen-bond donors (Lipinski definition) is 1. The van der Waals surface area contributed by atoms with Crippen molar-refractivity contribution in [2.75, 3.05) is 0 Å². The molecule has 4 rings (SSSR count). The lowest BCUT2D eigenvalue weighted by Crippen LogP contribution is -1.98. The van der Waals surface area contributed by atoms with Gasteiger partial charge in [0.2, 0.25) is 0 Å². The Kier molecular flexibility index (Phi) is 4.22. The molecule has 0 radical (unpaired) electrons. The summed E-state index contributed by atoms with van der Waals surface area (Å²) in [4.78, 5) is 8.65. The van der Waals surface area contributed by atoms with E-state index in [4.69, 9.17) is 0 Å². The molecule has 0 aliphatic carbocycles. The first-order valence-corrected chi connectivity index (χ1v) is 7.98. The second-order valence-corrected chi connectivity index (χ2v) is 5.77. The molecule has 0 aliphatic rings. The summed E-state index contributed by atoms with van der Waals surface area (Å²) in [5, 5.41) is 9.45. The van der Waals surface area contributed by atoms with Crippen LogP contribution < -0.4 is 0 Å². The minimum absolute atomic E-state index is 0.143. The molecule has 4 aromatic rings. The van der Waals surface area contributed by atoms with Crippen LogP contribution in [0.25, 0.3) is 22.6 Å². The normalized spacial score (nSPS) is 11.0. The molecule has 0 bridgehead atoms. The quantitative estimate of drug-likeness (QED) is 0.598. The Balaban J connectivity index is 1.51. The van der Waals surface area contributed by atoms with Crippen molar-refractivity contribution in [1.29, 1.82) is 0 Å². The number of nitrogens with zero attached hydrogens (tertiary/aromatic N) is 5. The first-order chi connectivity index (χ1) is 12.7. The van der Waals surface area contributed by atoms with Crippen molar-refractivity contribution in [3.05, 3.63) is 72.4 Å². The maximum atomic E-state index is 13.6. The van der Waals surface area contributed by atoms with Gasteiger partial charge in [-0.2, -0.15) is 14.7 Å². The van der Waals surface area contributed by atoms with Crippen LogP contribution in [0.3, 0.4) is 0 Å². The SMILES string of the molecule is Fc1ccc(CCn2cnc(-c3cc(-c4n[nH]nc4F)ccn3)c2)cc1. The first-order valence-electron chi connectivity index (χ1n) is 7.98. The van der Waals surface area contributed by atoms with Crippen LogP contribution in [0.1, 0.15) is 5.56 Å². The van der Waals surface area contributed by atoms with Crippen molar-refractivity contribution in [2.45, 2.75) is 13.0 Å². The molecule has 0 aliphatic heterocycles. The van der Waals surface area contributed by atoms with Crippen molar-refractivity contribution in [2.24, 2.45) is 0 Å². The lowest BCUT2D eigenvalue weighted by Gasteiger charge is -2.03. The summed E-state index contributed by atoms with van der Waals surface area (Å²) in [7, 11) is 0. The minimum atomic E-state index is -0.660. The van der Waals surface area contributed by atoms with Gasteiger partial charge in [-0.1, -0.05) is 12.1 Å². The number of aromatic nitrogens is 6. The van der Waals surface area contributed by atoms with E-state index in [2.05, 4.69) is 25.4 Å². The highest BCUT2D eigenvalue weighted by atomic mass is 19.1. The van der Waals surface area contributed by atoms with Crippen molar-refractivity contribution in [3.63, 3.8) is 0 Å². The number of aromatic amines is 1. The molecule has 0 unspecified atom stereocenters. The number of rotatable bonds is 5. The number of hydrogen-bond acceptors (Lipinski definition) is 4. The van der Waals surface area contributed by atoms with Gasteiger partial charge in [0.05, 0.1) is 12.0 Å². The zero-order chi connectivity index (χ0) is 17.9. The van der Waals surface area contributed by atoms with Gasteiger partial charge in [-0.15, -0.1) is 5.10 Å². The van der Waals surface area contributed by atoms with Gasteiger partial charge < -0.3 is 4.57 Å². The number of imidazole rings is 1. The average Bonchev–Trinajstić information content (AvgIpc) is 3.30. The second kappa shape index (κ2) is 6.83. The highest BCUT2D eigenvalue weighted by molar-refractivity contribution is 5.65. The summed E-state index contributed by atoms with van der Waals surface area (Å²) in [5.74, 6) is -0.903. The number of H-pyrrole nitrogens is 1. The third kappa shape index (κ3) is 3.34. The van der Waals surface area contributed by atoms with Crippen LogP contribution in [0.4, 0.5) is 8.78 Å². The van der Waals surface area contributed by atoms with E-state index < -0.39 is 5.95 Å². The smallest absolute Gasteiger partial charge is 0.260 e. The standard InChI is InChI=1S/C18H14F2N6/c19-14-3-1-12(2-4-14)6-8-26-10-16(22-11-26)15-9-13(5-7-21-15)17-18(20)24-25-23-17/h1-5,7,9-11H,6,8H2,(H,23,24,25). The van der Waals surface area contributed by atoms with E-state index in [-0.39, 0.29) is 11.5 Å². The lowest BCUT2D eigenvalue weighted by atomic mass is 10.1. The summed E-state index contributed by atoms with van der Waals surface area (Å²) in [6.07, 6.45) is 5.92. The Bertz CT molecular complexity index is 1020. The Labute approximate surface area is 147 Å². The largest absolute Gasteiger partial charge is 0.336 e. The zero-order valence-corrected chi connectivity index (χ0v) is 13.6. The molecule has 0 saturated carbocycles. The highest BCUT2D eigenvalue weighted by Crippen LogP contribution is 2.23. The van der Waals surface area contributed by atoms with Crippen LogP contribution in [0, 0.1) is 11.8 Å². The molecule has 1 N–H and O–H groups in total. The molecule has 130 valence electrons. The number of benzene rings is 1. The van der Waals surface area contributed by atoms with Crippen LogP contribution in [0.2, 0.25) is 0 Å². The summed E-state index contributed by atoms with van der Waals surface area (Å²) in [6, 6.07) is 9.82. The molecule has 0 fully saturated rings. The van der Waals surface area contributed by atoms with Gasteiger partial charge in [-0.25, -0.2) is 9.37 Å². The summed E-state index contributed by atoms with van der Waals surface area (Å²) < 4.78 is 28.5. The van der Waals surface area contributed by atoms with Crippen molar-refractivity contribution in [3.8, 4) is 22.6 Å². The Hall–Kier alpha value is -3.42. The Morgan fingerprint density at radius 2 is 1.81 bits per heavy atom. The van der Waals surface area contributed by atoms with Gasteiger partial charge in [0, 0.05) is 24.5 Å². The fourth-order valence-corrected chi connectivity index (χ4v) is 2.64. The predicted octanol–water partition coefficient (Wildman–Crippen LogP) is 3.25. The Morgan fingerprint density at radius 1 is 0.962 bits per heavy atom. The average molecular weight is 352 g/mol. The molecule has 1 aromatic carbocycles. The minimum Gasteiger partial charge on any atom is -0.336 e. The predicted molar refractivity (Wildman–Crippen MR) is 90.9 cm³/mol. The monoisotopic (exact) mass is 352 g/mol. The van der Waals surface area contributed by atoms with E-state index in [0.29, 0.717) is 23.5 Å². The maximum Gasteiger partial charge on any atom is 0.260 e. The summed E-state index contributed by atoms with van der Waals surface area (Å²) in [5.41, 5.74) is 3.05. The van der Waals surface area contributed by atoms with Crippen LogP contribution in [0.5, 0.6) is 0 Å². The van der Waals surface area contributed by atoms with Gasteiger partial charge in [-0.3, -0.25) is 4.98 Å². The van der Waals surface area contributed by atoms with Crippen LogP contribution in [-0.2, 0) is 13.0 Å². The van der Waals surface area contributed by atoms with Gasteiger partial charge in [0.25, 0.3) is 5.95 Å². The molecule has 0 amide bonds. The van der Waals surface area contributed by atoms with Crippen molar-refractivity contribution in [1.82, 2.24) is 29.9 Å². The number of aryl methyl sites for hydroxylation is 2. The molecule has 0 saturated heterocycles. The molecule has 3 aromatic heterocycles.